The van der Waals surface area contributed by atoms with Crippen LogP contribution in [-0.2, 0) is 20.6 Å². The quantitative estimate of drug-likeness (QED) is 0.891. The number of halogens is 1. The van der Waals surface area contributed by atoms with Crippen LogP contribution in [0.3, 0.4) is 0 Å². The molecule has 1 aliphatic rings. The van der Waals surface area contributed by atoms with Gasteiger partial charge in [-0.05, 0) is 24.1 Å². The van der Waals surface area contributed by atoms with Crippen molar-refractivity contribution in [1.82, 2.24) is 4.31 Å². The molecule has 0 amide bonds. The van der Waals surface area contributed by atoms with Crippen LogP contribution in [0.1, 0.15) is 18.9 Å². The van der Waals surface area contributed by atoms with Crippen molar-refractivity contribution in [3.05, 3.63) is 35.6 Å². The highest BCUT2D eigenvalue weighted by Crippen LogP contribution is 2.34. The van der Waals surface area contributed by atoms with E-state index in [0.717, 1.165) is 4.31 Å². The molecule has 2 unspecified atom stereocenters. The van der Waals surface area contributed by atoms with Crippen LogP contribution >= 0.6 is 11.8 Å². The van der Waals surface area contributed by atoms with Crippen molar-refractivity contribution < 1.29 is 22.7 Å². The summed E-state index contributed by atoms with van der Waals surface area (Å²) in [4.78, 5) is 11.2. The fourth-order valence-electron chi connectivity index (χ4n) is 2.27. The molecule has 5 nitrogen and oxygen atoms in total. The summed E-state index contributed by atoms with van der Waals surface area (Å²) in [6.07, 6.45) is 0.539. The van der Waals surface area contributed by atoms with E-state index < -0.39 is 27.9 Å². The van der Waals surface area contributed by atoms with Gasteiger partial charge in [-0.15, -0.1) is 11.8 Å². The summed E-state index contributed by atoms with van der Waals surface area (Å²) < 4.78 is 39.0. The van der Waals surface area contributed by atoms with Gasteiger partial charge in [-0.25, -0.2) is 12.8 Å². The zero-order valence-electron chi connectivity index (χ0n) is 11.4. The first kappa shape index (κ1) is 16.3. The van der Waals surface area contributed by atoms with Crippen molar-refractivity contribution in [2.45, 2.75) is 30.5 Å². The Morgan fingerprint density at radius 3 is 2.57 bits per heavy atom. The summed E-state index contributed by atoms with van der Waals surface area (Å²) in [6.45, 7) is 1.82. The zero-order chi connectivity index (χ0) is 15.6. The van der Waals surface area contributed by atoms with E-state index >= 15 is 0 Å². The molecule has 2 rings (SSSR count). The van der Waals surface area contributed by atoms with E-state index in [1.165, 1.54) is 36.0 Å². The first-order valence-electron chi connectivity index (χ1n) is 6.45. The lowest BCUT2D eigenvalue weighted by molar-refractivity contribution is -0.140. The molecule has 0 aromatic heterocycles. The van der Waals surface area contributed by atoms with Gasteiger partial charge in [-0.3, -0.25) is 4.79 Å². The second-order valence-corrected chi connectivity index (χ2v) is 7.85. The first-order chi connectivity index (χ1) is 9.85. The highest BCUT2D eigenvalue weighted by molar-refractivity contribution is 8.01. The highest BCUT2D eigenvalue weighted by atomic mass is 32.2. The van der Waals surface area contributed by atoms with Crippen LogP contribution in [0, 0.1) is 5.82 Å². The van der Waals surface area contributed by atoms with E-state index in [1.807, 2.05) is 6.92 Å². The maximum Gasteiger partial charge on any atom is 0.322 e. The van der Waals surface area contributed by atoms with E-state index in [4.69, 9.17) is 0 Å². The number of aliphatic carboxylic acids is 1. The first-order valence-corrected chi connectivity index (χ1v) is 9.11. The Morgan fingerprint density at radius 1 is 1.43 bits per heavy atom. The minimum absolute atomic E-state index is 0.247. The second kappa shape index (κ2) is 6.33. The molecule has 0 radical (unpaired) electrons. The predicted octanol–water partition coefficient (Wildman–Crippen LogP) is 1.89. The van der Waals surface area contributed by atoms with Gasteiger partial charge in [0.15, 0.2) is 0 Å². The number of carboxylic acids is 1. The molecule has 1 fully saturated rings. The van der Waals surface area contributed by atoms with Gasteiger partial charge in [0, 0.05) is 5.75 Å². The molecule has 0 bridgehead atoms. The third kappa shape index (κ3) is 3.56. The number of hydrogen-bond donors (Lipinski definition) is 1. The van der Waals surface area contributed by atoms with Crippen LogP contribution in [0.5, 0.6) is 0 Å². The monoisotopic (exact) mass is 333 g/mol. The molecule has 1 heterocycles. The lowest BCUT2D eigenvalue weighted by Gasteiger charge is -2.25. The Morgan fingerprint density at radius 2 is 2.05 bits per heavy atom. The molecule has 8 heteroatoms. The predicted molar refractivity (Wildman–Crippen MR) is 78.8 cm³/mol. The van der Waals surface area contributed by atoms with Gasteiger partial charge in [-0.2, -0.15) is 4.31 Å². The Labute approximate surface area is 127 Å². The van der Waals surface area contributed by atoms with Crippen molar-refractivity contribution in [2.75, 3.05) is 5.75 Å². The summed E-state index contributed by atoms with van der Waals surface area (Å²) in [5.41, 5.74) is 0.437. The summed E-state index contributed by atoms with van der Waals surface area (Å²) in [5, 5.41) is 8.83. The normalized spacial score (nSPS) is 23.3. The average Bonchev–Trinajstić information content (AvgIpc) is 2.86. The lowest BCUT2D eigenvalue weighted by atomic mass is 10.2. The Balaban J connectivity index is 2.27. The molecular weight excluding hydrogens is 317 g/mol. The third-order valence-corrected chi connectivity index (χ3v) is 6.69. The minimum Gasteiger partial charge on any atom is -0.480 e. The van der Waals surface area contributed by atoms with Crippen molar-refractivity contribution >= 4 is 27.8 Å². The second-order valence-electron chi connectivity index (χ2n) is 4.76. The number of benzene rings is 1. The van der Waals surface area contributed by atoms with Crippen molar-refractivity contribution in [2.24, 2.45) is 0 Å². The number of rotatable bonds is 5. The summed E-state index contributed by atoms with van der Waals surface area (Å²) in [7, 11) is -3.77. The number of thioether (sulfide) groups is 1. The van der Waals surface area contributed by atoms with Gasteiger partial charge >= 0.3 is 5.97 Å². The summed E-state index contributed by atoms with van der Waals surface area (Å²) in [5.74, 6) is -1.66. The molecule has 1 aromatic carbocycles. The van der Waals surface area contributed by atoms with E-state index in [2.05, 4.69) is 0 Å². The maximum absolute atomic E-state index is 12.9. The van der Waals surface area contributed by atoms with Gasteiger partial charge < -0.3 is 5.11 Å². The van der Waals surface area contributed by atoms with Gasteiger partial charge in [0.1, 0.15) is 11.9 Å². The molecule has 0 spiro atoms. The molecule has 21 heavy (non-hydrogen) atoms. The van der Waals surface area contributed by atoms with E-state index in [-0.39, 0.29) is 16.9 Å². The van der Waals surface area contributed by atoms with Crippen LogP contribution in [0.25, 0.3) is 0 Å². The van der Waals surface area contributed by atoms with Crippen LogP contribution < -0.4 is 0 Å². The molecule has 2 atom stereocenters. The largest absolute Gasteiger partial charge is 0.480 e. The van der Waals surface area contributed by atoms with Crippen LogP contribution in [0.15, 0.2) is 24.3 Å². The zero-order valence-corrected chi connectivity index (χ0v) is 13.0. The maximum atomic E-state index is 12.9. The Bertz CT molecular complexity index is 618. The van der Waals surface area contributed by atoms with Gasteiger partial charge in [0.2, 0.25) is 10.0 Å². The summed E-state index contributed by atoms with van der Waals surface area (Å²) in [6, 6.07) is 4.13. The topological polar surface area (TPSA) is 74.7 Å². The lowest BCUT2D eigenvalue weighted by Crippen LogP contribution is -2.45. The van der Waals surface area contributed by atoms with Gasteiger partial charge in [0.05, 0.1) is 11.1 Å². The van der Waals surface area contributed by atoms with Crippen LogP contribution in [0.2, 0.25) is 0 Å². The van der Waals surface area contributed by atoms with Crippen LogP contribution in [-0.4, -0.2) is 41.0 Å². The van der Waals surface area contributed by atoms with E-state index in [0.29, 0.717) is 12.0 Å². The van der Waals surface area contributed by atoms with Gasteiger partial charge in [0.25, 0.3) is 0 Å². The van der Waals surface area contributed by atoms with E-state index in [1.54, 1.807) is 0 Å². The van der Waals surface area contributed by atoms with Crippen molar-refractivity contribution in [1.29, 1.82) is 0 Å². The smallest absolute Gasteiger partial charge is 0.322 e. The Kier molecular flexibility index (Phi) is 4.90. The highest BCUT2D eigenvalue weighted by Gasteiger charge is 2.44. The molecular formula is C13H16FNO4S2. The molecule has 1 aromatic rings. The molecule has 1 saturated heterocycles. The fraction of sp³-hybridized carbons (Fsp3) is 0.462. The number of nitrogens with zero attached hydrogens (tertiary/aromatic N) is 1. The Hall–Kier alpha value is -1.12. The SMILES string of the molecule is CCC1SCC(C(=O)O)N1S(=O)(=O)Cc1ccc(F)cc1. The van der Waals surface area contributed by atoms with Gasteiger partial charge in [-0.1, -0.05) is 19.1 Å². The standard InChI is InChI=1S/C13H16FNO4S2/c1-2-12-15(11(7-20-12)13(16)17)21(18,19)8-9-3-5-10(14)6-4-9/h3-6,11-12H,2,7-8H2,1H3,(H,16,17). The molecule has 0 saturated carbocycles. The van der Waals surface area contributed by atoms with E-state index in [9.17, 15) is 22.7 Å². The number of carbonyl (C=O) groups is 1. The fourth-order valence-corrected chi connectivity index (χ4v) is 6.00. The van der Waals surface area contributed by atoms with Crippen molar-refractivity contribution in [3.63, 3.8) is 0 Å². The third-order valence-electron chi connectivity index (χ3n) is 3.26. The summed E-state index contributed by atoms with van der Waals surface area (Å²) >= 11 is 1.33. The van der Waals surface area contributed by atoms with Crippen molar-refractivity contribution in [3.8, 4) is 0 Å². The number of carboxylic acid groups (broad SMARTS) is 1. The molecule has 1 N–H and O–H groups in total. The van der Waals surface area contributed by atoms with Crippen LogP contribution in [0.4, 0.5) is 4.39 Å². The molecule has 0 aliphatic carbocycles. The number of sulfonamides is 1. The molecule has 1 aliphatic heterocycles. The number of hydrogen-bond acceptors (Lipinski definition) is 4. The average molecular weight is 333 g/mol. The minimum atomic E-state index is -3.77. The molecule has 116 valence electrons.